The second-order valence-corrected chi connectivity index (χ2v) is 6.39. The van der Waals surface area contributed by atoms with Gasteiger partial charge < -0.3 is 4.90 Å². The molecule has 0 spiro atoms. The quantitative estimate of drug-likeness (QED) is 0.806. The number of rotatable bonds is 6. The molecule has 0 N–H and O–H groups in total. The number of hydrogen-bond donors (Lipinski definition) is 0. The molecule has 0 atom stereocenters. The van der Waals surface area contributed by atoms with Crippen LogP contribution in [0.3, 0.4) is 0 Å². The highest BCUT2D eigenvalue weighted by Crippen LogP contribution is 2.13. The molecule has 3 nitrogen and oxygen atoms in total. The zero-order valence-electron chi connectivity index (χ0n) is 12.1. The van der Waals surface area contributed by atoms with Crippen molar-refractivity contribution >= 4 is 17.2 Å². The number of nitrogens with zero attached hydrogens (tertiary/aromatic N) is 2. The highest BCUT2D eigenvalue weighted by molar-refractivity contribution is 7.09. The van der Waals surface area contributed by atoms with Crippen LogP contribution in [-0.2, 0) is 11.2 Å². The van der Waals surface area contributed by atoms with Gasteiger partial charge in [-0.05, 0) is 30.7 Å². The highest BCUT2D eigenvalue weighted by atomic mass is 32.1. The van der Waals surface area contributed by atoms with Crippen LogP contribution in [0.2, 0.25) is 0 Å². The largest absolute Gasteiger partial charge is 0.341 e. The van der Waals surface area contributed by atoms with Crippen LogP contribution in [0.4, 0.5) is 8.78 Å². The van der Waals surface area contributed by atoms with Gasteiger partial charge in [-0.25, -0.2) is 8.78 Å². The molecule has 1 aromatic rings. The lowest BCUT2D eigenvalue weighted by molar-refractivity contribution is -0.131. The zero-order valence-corrected chi connectivity index (χ0v) is 13.0. The topological polar surface area (TPSA) is 23.6 Å². The molecule has 1 aromatic heterocycles. The molecule has 118 valence electrons. The van der Waals surface area contributed by atoms with Crippen molar-refractivity contribution < 1.29 is 13.6 Å². The first-order chi connectivity index (χ1) is 10.1. The van der Waals surface area contributed by atoms with E-state index in [4.69, 9.17) is 0 Å². The van der Waals surface area contributed by atoms with Crippen molar-refractivity contribution in [1.29, 1.82) is 0 Å². The summed E-state index contributed by atoms with van der Waals surface area (Å²) in [4.78, 5) is 17.1. The van der Waals surface area contributed by atoms with E-state index in [2.05, 4.69) is 6.07 Å². The maximum Gasteiger partial charge on any atom is 0.251 e. The van der Waals surface area contributed by atoms with Crippen molar-refractivity contribution in [2.75, 3.05) is 32.7 Å². The van der Waals surface area contributed by atoms with Crippen molar-refractivity contribution in [3.8, 4) is 0 Å². The maximum absolute atomic E-state index is 12.4. The van der Waals surface area contributed by atoms with Crippen molar-refractivity contribution in [1.82, 2.24) is 9.80 Å². The van der Waals surface area contributed by atoms with Crippen LogP contribution >= 0.6 is 11.3 Å². The third kappa shape index (κ3) is 5.71. The molecule has 0 radical (unpaired) electrons. The fourth-order valence-corrected chi connectivity index (χ4v) is 3.38. The normalized spacial score (nSPS) is 17.2. The standard InChI is InChI=1S/C15H22F2N2OS/c16-14(17)12-18-7-3-8-19(10-9-18)15(20)6-1-4-13-5-2-11-21-13/h2,5,11,14H,1,3-4,6-10,12H2. The highest BCUT2D eigenvalue weighted by Gasteiger charge is 2.20. The molecule has 0 saturated carbocycles. The van der Waals surface area contributed by atoms with Crippen LogP contribution in [0.25, 0.3) is 0 Å². The van der Waals surface area contributed by atoms with Crippen LogP contribution in [-0.4, -0.2) is 54.9 Å². The molecule has 2 rings (SSSR count). The summed E-state index contributed by atoms with van der Waals surface area (Å²) in [6.45, 7) is 2.30. The molecule has 2 heterocycles. The van der Waals surface area contributed by atoms with Crippen molar-refractivity contribution in [2.45, 2.75) is 32.1 Å². The van der Waals surface area contributed by atoms with Crippen LogP contribution < -0.4 is 0 Å². The SMILES string of the molecule is O=C(CCCc1cccs1)N1CCCN(CC(F)F)CC1. The number of halogens is 2. The summed E-state index contributed by atoms with van der Waals surface area (Å²) >= 11 is 1.72. The molecular weight excluding hydrogens is 294 g/mol. The lowest BCUT2D eigenvalue weighted by atomic mass is 10.2. The number of carbonyl (C=O) groups excluding carboxylic acids is 1. The summed E-state index contributed by atoms with van der Waals surface area (Å²) in [5, 5.41) is 2.05. The van der Waals surface area contributed by atoms with Gasteiger partial charge in [-0.15, -0.1) is 11.3 Å². The van der Waals surface area contributed by atoms with Crippen LogP contribution in [0.1, 0.15) is 24.1 Å². The minimum absolute atomic E-state index is 0.158. The molecular formula is C15H22F2N2OS. The van der Waals surface area contributed by atoms with E-state index < -0.39 is 6.43 Å². The van der Waals surface area contributed by atoms with Crippen molar-refractivity contribution in [3.63, 3.8) is 0 Å². The molecule has 1 amide bonds. The third-order valence-electron chi connectivity index (χ3n) is 3.73. The Morgan fingerprint density at radius 3 is 2.86 bits per heavy atom. The molecule has 21 heavy (non-hydrogen) atoms. The Morgan fingerprint density at radius 1 is 1.29 bits per heavy atom. The Bertz CT molecular complexity index is 425. The number of hydrogen-bond acceptors (Lipinski definition) is 3. The van der Waals surface area contributed by atoms with Gasteiger partial charge in [-0.1, -0.05) is 6.07 Å². The Labute approximate surface area is 128 Å². The molecule has 1 saturated heterocycles. The lowest BCUT2D eigenvalue weighted by Gasteiger charge is -2.21. The molecule has 1 aliphatic heterocycles. The Hall–Kier alpha value is -1.01. The van der Waals surface area contributed by atoms with Gasteiger partial charge in [-0.2, -0.15) is 0 Å². The second-order valence-electron chi connectivity index (χ2n) is 5.36. The van der Waals surface area contributed by atoms with E-state index in [1.807, 2.05) is 16.3 Å². The van der Waals surface area contributed by atoms with E-state index in [1.165, 1.54) is 4.88 Å². The molecule has 1 aliphatic rings. The number of carbonyl (C=O) groups is 1. The van der Waals surface area contributed by atoms with Crippen LogP contribution in [0.5, 0.6) is 0 Å². The molecule has 0 unspecified atom stereocenters. The molecule has 1 fully saturated rings. The first-order valence-electron chi connectivity index (χ1n) is 7.46. The third-order valence-corrected chi connectivity index (χ3v) is 4.67. The van der Waals surface area contributed by atoms with E-state index in [0.717, 1.165) is 19.3 Å². The Morgan fingerprint density at radius 2 is 2.14 bits per heavy atom. The number of alkyl halides is 2. The summed E-state index contributed by atoms with van der Waals surface area (Å²) < 4.78 is 24.8. The van der Waals surface area contributed by atoms with E-state index in [1.54, 1.807) is 16.2 Å². The monoisotopic (exact) mass is 316 g/mol. The summed E-state index contributed by atoms with van der Waals surface area (Å²) in [6, 6.07) is 4.11. The van der Waals surface area contributed by atoms with Gasteiger partial charge in [-0.3, -0.25) is 9.69 Å². The van der Waals surface area contributed by atoms with Gasteiger partial charge in [0.15, 0.2) is 0 Å². The van der Waals surface area contributed by atoms with Crippen molar-refractivity contribution in [2.24, 2.45) is 0 Å². The summed E-state index contributed by atoms with van der Waals surface area (Å²) in [7, 11) is 0. The minimum atomic E-state index is -2.29. The van der Waals surface area contributed by atoms with Crippen LogP contribution in [0.15, 0.2) is 17.5 Å². The molecule has 0 aromatic carbocycles. The molecule has 6 heteroatoms. The first-order valence-corrected chi connectivity index (χ1v) is 8.34. The molecule has 0 aliphatic carbocycles. The van der Waals surface area contributed by atoms with Gasteiger partial charge in [0.2, 0.25) is 5.91 Å². The van der Waals surface area contributed by atoms with Crippen LogP contribution in [0, 0.1) is 0 Å². The Balaban J connectivity index is 1.70. The summed E-state index contributed by atoms with van der Waals surface area (Å²) in [5.74, 6) is 0.158. The van der Waals surface area contributed by atoms with E-state index >= 15 is 0 Å². The number of thiophene rings is 1. The van der Waals surface area contributed by atoms with Gasteiger partial charge in [0, 0.05) is 37.5 Å². The fourth-order valence-electron chi connectivity index (χ4n) is 2.62. The smallest absolute Gasteiger partial charge is 0.251 e. The van der Waals surface area contributed by atoms with Gasteiger partial charge >= 0.3 is 0 Å². The minimum Gasteiger partial charge on any atom is -0.341 e. The zero-order chi connectivity index (χ0) is 15.1. The summed E-state index contributed by atoms with van der Waals surface area (Å²) in [5.41, 5.74) is 0. The molecule has 0 bridgehead atoms. The lowest BCUT2D eigenvalue weighted by Crippen LogP contribution is -2.36. The van der Waals surface area contributed by atoms with E-state index in [9.17, 15) is 13.6 Å². The predicted octanol–water partition coefficient (Wildman–Crippen LogP) is 2.87. The number of amides is 1. The average molecular weight is 316 g/mol. The van der Waals surface area contributed by atoms with E-state index in [-0.39, 0.29) is 12.5 Å². The van der Waals surface area contributed by atoms with Gasteiger partial charge in [0.25, 0.3) is 6.43 Å². The Kier molecular flexibility index (Phi) is 6.57. The average Bonchev–Trinajstić information content (AvgIpc) is 2.84. The predicted molar refractivity (Wildman–Crippen MR) is 80.9 cm³/mol. The van der Waals surface area contributed by atoms with E-state index in [0.29, 0.717) is 32.6 Å². The fraction of sp³-hybridized carbons (Fsp3) is 0.667. The maximum atomic E-state index is 12.4. The second kappa shape index (κ2) is 8.44. The van der Waals surface area contributed by atoms with Gasteiger partial charge in [0.05, 0.1) is 6.54 Å². The van der Waals surface area contributed by atoms with Gasteiger partial charge in [0.1, 0.15) is 0 Å². The number of aryl methyl sites for hydroxylation is 1. The summed E-state index contributed by atoms with van der Waals surface area (Å²) in [6.07, 6.45) is 0.833. The first kappa shape index (κ1) is 16.4. The van der Waals surface area contributed by atoms with Crippen molar-refractivity contribution in [3.05, 3.63) is 22.4 Å².